The maximum atomic E-state index is 12.8. The Morgan fingerprint density at radius 3 is 2.71 bits per heavy atom. The van der Waals surface area contributed by atoms with Crippen LogP contribution in [0.1, 0.15) is 34.3 Å². The fourth-order valence-electron chi connectivity index (χ4n) is 3.25. The third-order valence-corrected chi connectivity index (χ3v) is 4.72. The summed E-state index contributed by atoms with van der Waals surface area (Å²) in [5, 5.41) is 0. The molecule has 150 valence electrons. The second-order valence-corrected chi connectivity index (χ2v) is 6.76. The van der Waals surface area contributed by atoms with Crippen LogP contribution in [-0.2, 0) is 17.5 Å². The number of carbonyl (C=O) groups is 1. The van der Waals surface area contributed by atoms with Gasteiger partial charge in [0.2, 0.25) is 0 Å². The zero-order valence-corrected chi connectivity index (χ0v) is 15.5. The molecule has 0 bridgehead atoms. The second-order valence-electron chi connectivity index (χ2n) is 6.76. The van der Waals surface area contributed by atoms with E-state index in [4.69, 9.17) is 9.47 Å². The third kappa shape index (κ3) is 5.04. The molecule has 1 aliphatic rings. The van der Waals surface area contributed by atoms with Crippen LogP contribution in [0.15, 0.2) is 48.5 Å². The van der Waals surface area contributed by atoms with Crippen molar-refractivity contribution in [1.82, 2.24) is 4.90 Å². The number of rotatable bonds is 5. The SMILES string of the molecule is COc1cccc(C(=O)N2CCCC(OCc3cccc(C(F)(F)F)c3)C2)c1. The van der Waals surface area contributed by atoms with Crippen LogP contribution in [0, 0.1) is 0 Å². The van der Waals surface area contributed by atoms with Gasteiger partial charge in [-0.25, -0.2) is 0 Å². The van der Waals surface area contributed by atoms with Crippen LogP contribution in [0.2, 0.25) is 0 Å². The highest BCUT2D eigenvalue weighted by Gasteiger charge is 2.30. The number of hydrogen-bond donors (Lipinski definition) is 0. The average molecular weight is 393 g/mol. The summed E-state index contributed by atoms with van der Waals surface area (Å²) < 4.78 is 49.4. The number of hydrogen-bond acceptors (Lipinski definition) is 3. The van der Waals surface area contributed by atoms with E-state index >= 15 is 0 Å². The first-order valence-corrected chi connectivity index (χ1v) is 9.08. The van der Waals surface area contributed by atoms with E-state index in [0.717, 1.165) is 25.0 Å². The number of ether oxygens (including phenoxy) is 2. The van der Waals surface area contributed by atoms with Crippen molar-refractivity contribution in [3.05, 3.63) is 65.2 Å². The van der Waals surface area contributed by atoms with E-state index in [9.17, 15) is 18.0 Å². The molecule has 1 saturated heterocycles. The molecule has 1 fully saturated rings. The molecule has 1 atom stereocenters. The molecule has 3 rings (SSSR count). The summed E-state index contributed by atoms with van der Waals surface area (Å²) in [7, 11) is 1.54. The Hall–Kier alpha value is -2.54. The van der Waals surface area contributed by atoms with Crippen LogP contribution >= 0.6 is 0 Å². The van der Waals surface area contributed by atoms with Gasteiger partial charge in [-0.05, 0) is 48.7 Å². The van der Waals surface area contributed by atoms with E-state index in [0.29, 0.717) is 30.0 Å². The van der Waals surface area contributed by atoms with Gasteiger partial charge in [-0.15, -0.1) is 0 Å². The maximum absolute atomic E-state index is 12.8. The number of alkyl halides is 3. The number of likely N-dealkylation sites (tertiary alicyclic amines) is 1. The lowest BCUT2D eigenvalue weighted by Gasteiger charge is -2.33. The Balaban J connectivity index is 1.60. The molecule has 0 spiro atoms. The van der Waals surface area contributed by atoms with Gasteiger partial charge < -0.3 is 14.4 Å². The first kappa shape index (κ1) is 20.2. The van der Waals surface area contributed by atoms with Crippen LogP contribution in [0.4, 0.5) is 13.2 Å². The van der Waals surface area contributed by atoms with Gasteiger partial charge in [-0.2, -0.15) is 13.2 Å². The predicted octanol–water partition coefficient (Wildman–Crippen LogP) is 4.54. The van der Waals surface area contributed by atoms with Crippen molar-refractivity contribution in [2.75, 3.05) is 20.2 Å². The maximum Gasteiger partial charge on any atom is 0.416 e. The molecule has 1 unspecified atom stereocenters. The largest absolute Gasteiger partial charge is 0.497 e. The van der Waals surface area contributed by atoms with E-state index in [1.54, 1.807) is 42.3 Å². The smallest absolute Gasteiger partial charge is 0.416 e. The molecular formula is C21H22F3NO3. The Labute approximate surface area is 161 Å². The summed E-state index contributed by atoms with van der Waals surface area (Å²) in [6.07, 6.45) is -3.04. The monoisotopic (exact) mass is 393 g/mol. The Bertz CT molecular complexity index is 823. The lowest BCUT2D eigenvalue weighted by molar-refractivity contribution is -0.137. The number of methoxy groups -OCH3 is 1. The summed E-state index contributed by atoms with van der Waals surface area (Å²) in [5.74, 6) is 0.506. The van der Waals surface area contributed by atoms with E-state index in [2.05, 4.69) is 0 Å². The number of nitrogens with zero attached hydrogens (tertiary/aromatic N) is 1. The predicted molar refractivity (Wildman–Crippen MR) is 98.2 cm³/mol. The van der Waals surface area contributed by atoms with Gasteiger partial charge in [-0.3, -0.25) is 4.79 Å². The molecule has 0 aliphatic carbocycles. The Morgan fingerprint density at radius 1 is 1.18 bits per heavy atom. The Kier molecular flexibility index (Phi) is 6.24. The first-order valence-electron chi connectivity index (χ1n) is 9.08. The molecule has 4 nitrogen and oxygen atoms in total. The van der Waals surface area contributed by atoms with E-state index < -0.39 is 11.7 Å². The van der Waals surface area contributed by atoms with Gasteiger partial charge in [-0.1, -0.05) is 18.2 Å². The third-order valence-electron chi connectivity index (χ3n) is 4.72. The summed E-state index contributed by atoms with van der Waals surface area (Å²) in [5.41, 5.74) is 0.316. The molecule has 1 amide bonds. The minimum Gasteiger partial charge on any atom is -0.497 e. The van der Waals surface area contributed by atoms with Crippen molar-refractivity contribution in [1.29, 1.82) is 0 Å². The normalized spacial score (nSPS) is 17.4. The van der Waals surface area contributed by atoms with Crippen molar-refractivity contribution in [2.24, 2.45) is 0 Å². The zero-order chi connectivity index (χ0) is 20.1. The number of piperidine rings is 1. The van der Waals surface area contributed by atoms with Gasteiger partial charge in [0.25, 0.3) is 5.91 Å². The highest BCUT2D eigenvalue weighted by atomic mass is 19.4. The van der Waals surface area contributed by atoms with Crippen molar-refractivity contribution in [3.63, 3.8) is 0 Å². The first-order chi connectivity index (χ1) is 13.4. The number of carbonyl (C=O) groups excluding carboxylic acids is 1. The summed E-state index contributed by atoms with van der Waals surface area (Å²) in [6.45, 7) is 1.12. The van der Waals surface area contributed by atoms with Gasteiger partial charge in [0, 0.05) is 18.7 Å². The molecule has 7 heteroatoms. The molecule has 0 N–H and O–H groups in total. The fourth-order valence-corrected chi connectivity index (χ4v) is 3.25. The topological polar surface area (TPSA) is 38.8 Å². The van der Waals surface area contributed by atoms with Crippen LogP contribution in [-0.4, -0.2) is 37.1 Å². The standard InChI is InChI=1S/C21H22F3NO3/c1-27-18-8-3-6-16(12-18)20(26)25-10-4-9-19(13-25)28-14-15-5-2-7-17(11-15)21(22,23)24/h2-3,5-8,11-12,19H,4,9-10,13-14H2,1H3. The average Bonchev–Trinajstić information content (AvgIpc) is 2.71. The highest BCUT2D eigenvalue weighted by molar-refractivity contribution is 5.94. The van der Waals surface area contributed by atoms with Crippen molar-refractivity contribution < 1.29 is 27.4 Å². The van der Waals surface area contributed by atoms with Crippen molar-refractivity contribution >= 4 is 5.91 Å². The summed E-state index contributed by atoms with van der Waals surface area (Å²) in [4.78, 5) is 14.4. The quantitative estimate of drug-likeness (QED) is 0.749. The molecular weight excluding hydrogens is 371 g/mol. The number of halogens is 3. The van der Waals surface area contributed by atoms with E-state index in [1.165, 1.54) is 6.07 Å². The van der Waals surface area contributed by atoms with Crippen LogP contribution in [0.3, 0.4) is 0 Å². The molecule has 0 aromatic heterocycles. The molecule has 0 radical (unpaired) electrons. The van der Waals surface area contributed by atoms with Crippen LogP contribution in [0.25, 0.3) is 0 Å². The highest BCUT2D eigenvalue weighted by Crippen LogP contribution is 2.30. The number of benzene rings is 2. The zero-order valence-electron chi connectivity index (χ0n) is 15.5. The second kappa shape index (κ2) is 8.65. The molecule has 2 aromatic carbocycles. The minimum atomic E-state index is -4.37. The molecule has 2 aromatic rings. The van der Waals surface area contributed by atoms with E-state index in [1.807, 2.05) is 0 Å². The number of amides is 1. The lowest BCUT2D eigenvalue weighted by Crippen LogP contribution is -2.43. The molecule has 1 heterocycles. The van der Waals surface area contributed by atoms with Crippen LogP contribution < -0.4 is 4.74 Å². The molecule has 1 aliphatic heterocycles. The van der Waals surface area contributed by atoms with Gasteiger partial charge in [0.05, 0.1) is 25.4 Å². The van der Waals surface area contributed by atoms with Gasteiger partial charge in [0.1, 0.15) is 5.75 Å². The van der Waals surface area contributed by atoms with E-state index in [-0.39, 0.29) is 18.6 Å². The molecule has 0 saturated carbocycles. The fraction of sp³-hybridized carbons (Fsp3) is 0.381. The van der Waals surface area contributed by atoms with Crippen molar-refractivity contribution in [3.8, 4) is 5.75 Å². The minimum absolute atomic E-state index is 0.0791. The lowest BCUT2D eigenvalue weighted by atomic mass is 10.1. The Morgan fingerprint density at radius 2 is 1.96 bits per heavy atom. The summed E-state index contributed by atoms with van der Waals surface area (Å²) >= 11 is 0. The van der Waals surface area contributed by atoms with Gasteiger partial charge in [0.15, 0.2) is 0 Å². The van der Waals surface area contributed by atoms with Crippen LogP contribution in [0.5, 0.6) is 5.75 Å². The molecule has 28 heavy (non-hydrogen) atoms. The van der Waals surface area contributed by atoms with Crippen molar-refractivity contribution in [2.45, 2.75) is 31.7 Å². The summed E-state index contributed by atoms with van der Waals surface area (Å²) in [6, 6.07) is 12.1. The van der Waals surface area contributed by atoms with Gasteiger partial charge >= 0.3 is 6.18 Å².